The van der Waals surface area contributed by atoms with Crippen LogP contribution < -0.4 is 10.2 Å². The summed E-state index contributed by atoms with van der Waals surface area (Å²) in [6.07, 6.45) is 6.89. The van der Waals surface area contributed by atoms with Crippen molar-refractivity contribution in [2.24, 2.45) is 11.8 Å². The fraction of sp³-hybridized carbons (Fsp3) is 0.480. The standard InChI is InChI=1S/C25H28N4OS/c30-24(26-13-16-8-9-16)19-7-4-12-29(14-19)23-21-20(17-5-2-1-3-6-17)15-31-25(21)28-22(27-23)18-10-11-18/h1-3,5-6,15-16,18-19H,4,7-14H2,(H,26,30). The molecular formula is C25H28N4OS. The average Bonchev–Trinajstić information content (AvgIpc) is 3.75. The molecule has 2 saturated carbocycles. The summed E-state index contributed by atoms with van der Waals surface area (Å²) in [5.74, 6) is 3.51. The van der Waals surface area contributed by atoms with Crippen LogP contribution in [0, 0.1) is 11.8 Å². The number of fused-ring (bicyclic) bond motifs is 1. The number of hydrogen-bond acceptors (Lipinski definition) is 5. The van der Waals surface area contributed by atoms with Gasteiger partial charge in [0.1, 0.15) is 16.5 Å². The highest BCUT2D eigenvalue weighted by molar-refractivity contribution is 7.17. The predicted octanol–water partition coefficient (Wildman–Crippen LogP) is 4.98. The minimum Gasteiger partial charge on any atom is -0.356 e. The minimum absolute atomic E-state index is 0.0423. The molecule has 1 atom stereocenters. The van der Waals surface area contributed by atoms with E-state index in [0.29, 0.717) is 11.8 Å². The Balaban J connectivity index is 1.36. The topological polar surface area (TPSA) is 58.1 Å². The second-order valence-electron chi connectivity index (χ2n) is 9.35. The average molecular weight is 433 g/mol. The van der Waals surface area contributed by atoms with Crippen LogP contribution in [0.5, 0.6) is 0 Å². The molecule has 3 aromatic rings. The van der Waals surface area contributed by atoms with Gasteiger partial charge in [-0.25, -0.2) is 9.97 Å². The molecule has 160 valence electrons. The summed E-state index contributed by atoms with van der Waals surface area (Å²) in [4.78, 5) is 26.3. The number of thiophene rings is 1. The van der Waals surface area contributed by atoms with Crippen molar-refractivity contribution >= 4 is 33.3 Å². The van der Waals surface area contributed by atoms with Gasteiger partial charge in [0.05, 0.1) is 11.3 Å². The van der Waals surface area contributed by atoms with Crippen molar-refractivity contribution in [3.63, 3.8) is 0 Å². The van der Waals surface area contributed by atoms with Crippen LogP contribution >= 0.6 is 11.3 Å². The molecule has 0 spiro atoms. The van der Waals surface area contributed by atoms with Gasteiger partial charge in [-0.05, 0) is 50.0 Å². The number of piperidine rings is 1. The molecule has 0 bridgehead atoms. The minimum atomic E-state index is 0.0423. The van der Waals surface area contributed by atoms with Crippen LogP contribution in [0.15, 0.2) is 35.7 Å². The van der Waals surface area contributed by atoms with E-state index >= 15 is 0 Å². The number of amides is 1. The first-order valence-corrected chi connectivity index (χ1v) is 12.5. The Labute approximate surface area is 186 Å². The van der Waals surface area contributed by atoms with Gasteiger partial charge < -0.3 is 10.2 Å². The van der Waals surface area contributed by atoms with Gasteiger partial charge >= 0.3 is 0 Å². The molecule has 1 unspecified atom stereocenters. The largest absolute Gasteiger partial charge is 0.356 e. The predicted molar refractivity (Wildman–Crippen MR) is 125 cm³/mol. The Kier molecular flexibility index (Phi) is 4.90. The molecule has 6 rings (SSSR count). The number of anilines is 1. The van der Waals surface area contributed by atoms with Gasteiger partial charge in [-0.15, -0.1) is 11.3 Å². The smallest absolute Gasteiger partial charge is 0.224 e. The Morgan fingerprint density at radius 2 is 1.94 bits per heavy atom. The van der Waals surface area contributed by atoms with Gasteiger partial charge in [0, 0.05) is 36.5 Å². The molecule has 3 fully saturated rings. The van der Waals surface area contributed by atoms with Crippen LogP contribution in [0.3, 0.4) is 0 Å². The van der Waals surface area contributed by atoms with Crippen molar-refractivity contribution in [2.45, 2.75) is 44.4 Å². The highest BCUT2D eigenvalue weighted by atomic mass is 32.1. The molecule has 2 aliphatic carbocycles. The molecule has 1 saturated heterocycles. The van der Waals surface area contributed by atoms with Crippen molar-refractivity contribution in [3.8, 4) is 11.1 Å². The molecule has 1 aromatic carbocycles. The molecule has 6 heteroatoms. The summed E-state index contributed by atoms with van der Waals surface area (Å²) in [5, 5.41) is 6.57. The summed E-state index contributed by atoms with van der Waals surface area (Å²) >= 11 is 1.71. The van der Waals surface area contributed by atoms with E-state index in [4.69, 9.17) is 9.97 Å². The second-order valence-corrected chi connectivity index (χ2v) is 10.2. The SMILES string of the molecule is O=C(NCC1CC1)C1CCCN(c2nc(C3CC3)nc3scc(-c4ccccc4)c23)C1. The van der Waals surface area contributed by atoms with E-state index < -0.39 is 0 Å². The monoisotopic (exact) mass is 432 g/mol. The number of nitrogens with one attached hydrogen (secondary N) is 1. The highest BCUT2D eigenvalue weighted by Crippen LogP contribution is 2.44. The third kappa shape index (κ3) is 3.93. The number of hydrogen-bond donors (Lipinski definition) is 1. The summed E-state index contributed by atoms with van der Waals surface area (Å²) in [6, 6.07) is 10.5. The molecule has 3 heterocycles. The number of carbonyl (C=O) groups excluding carboxylic acids is 1. The van der Waals surface area contributed by atoms with Gasteiger partial charge in [0.2, 0.25) is 5.91 Å². The maximum absolute atomic E-state index is 12.8. The van der Waals surface area contributed by atoms with Gasteiger partial charge in [-0.3, -0.25) is 4.79 Å². The molecule has 0 radical (unpaired) electrons. The van der Waals surface area contributed by atoms with Gasteiger partial charge in [-0.2, -0.15) is 0 Å². The number of carbonyl (C=O) groups is 1. The Bertz CT molecular complexity index is 1100. The summed E-state index contributed by atoms with van der Waals surface area (Å²) in [7, 11) is 0. The van der Waals surface area contributed by atoms with Gasteiger partial charge in [0.25, 0.3) is 0 Å². The second kappa shape index (κ2) is 7.90. The first kappa shape index (κ1) is 19.2. The number of nitrogens with zero attached hydrogens (tertiary/aromatic N) is 3. The van der Waals surface area contributed by atoms with Crippen LogP contribution in [0.25, 0.3) is 21.3 Å². The van der Waals surface area contributed by atoms with Crippen LogP contribution in [-0.2, 0) is 4.79 Å². The van der Waals surface area contributed by atoms with Crippen LogP contribution in [0.1, 0.15) is 50.3 Å². The lowest BCUT2D eigenvalue weighted by molar-refractivity contribution is -0.125. The molecule has 31 heavy (non-hydrogen) atoms. The fourth-order valence-corrected chi connectivity index (χ4v) is 5.57. The molecule has 1 N–H and O–H groups in total. The zero-order valence-corrected chi connectivity index (χ0v) is 18.5. The lowest BCUT2D eigenvalue weighted by Crippen LogP contribution is -2.44. The Hall–Kier alpha value is -2.47. The molecule has 5 nitrogen and oxygen atoms in total. The maximum Gasteiger partial charge on any atom is 0.224 e. The maximum atomic E-state index is 12.8. The van der Waals surface area contributed by atoms with E-state index in [9.17, 15) is 4.79 Å². The lowest BCUT2D eigenvalue weighted by Gasteiger charge is -2.33. The van der Waals surface area contributed by atoms with E-state index in [1.54, 1.807) is 11.3 Å². The van der Waals surface area contributed by atoms with E-state index in [2.05, 4.69) is 45.9 Å². The third-order valence-electron chi connectivity index (χ3n) is 6.81. The lowest BCUT2D eigenvalue weighted by atomic mass is 9.96. The Morgan fingerprint density at radius 3 is 2.71 bits per heavy atom. The van der Waals surface area contributed by atoms with E-state index in [0.717, 1.165) is 54.3 Å². The first-order valence-electron chi connectivity index (χ1n) is 11.6. The molecular weight excluding hydrogens is 404 g/mol. The van der Waals surface area contributed by atoms with Crippen molar-refractivity contribution in [3.05, 3.63) is 41.5 Å². The quantitative estimate of drug-likeness (QED) is 0.597. The normalized spacial score (nSPS) is 21.4. The van der Waals surface area contributed by atoms with E-state index in [1.807, 2.05) is 0 Å². The van der Waals surface area contributed by atoms with E-state index in [1.165, 1.54) is 36.8 Å². The fourth-order valence-electron chi connectivity index (χ4n) is 4.62. The molecule has 2 aromatic heterocycles. The Morgan fingerprint density at radius 1 is 1.10 bits per heavy atom. The summed E-state index contributed by atoms with van der Waals surface area (Å²) < 4.78 is 0. The van der Waals surface area contributed by atoms with Crippen molar-refractivity contribution in [1.29, 1.82) is 0 Å². The van der Waals surface area contributed by atoms with Gasteiger partial charge in [-0.1, -0.05) is 30.3 Å². The number of rotatable bonds is 6. The number of benzene rings is 1. The van der Waals surface area contributed by atoms with Crippen molar-refractivity contribution < 1.29 is 4.79 Å². The van der Waals surface area contributed by atoms with Crippen LogP contribution in [0.2, 0.25) is 0 Å². The summed E-state index contributed by atoms with van der Waals surface area (Å²) in [5.41, 5.74) is 2.41. The van der Waals surface area contributed by atoms with Crippen LogP contribution in [0.4, 0.5) is 5.82 Å². The molecule has 1 aliphatic heterocycles. The van der Waals surface area contributed by atoms with E-state index in [-0.39, 0.29) is 11.8 Å². The zero-order chi connectivity index (χ0) is 20.8. The summed E-state index contributed by atoms with van der Waals surface area (Å²) in [6.45, 7) is 2.55. The third-order valence-corrected chi connectivity index (χ3v) is 7.68. The first-order chi connectivity index (χ1) is 15.3. The van der Waals surface area contributed by atoms with Crippen molar-refractivity contribution in [2.75, 3.05) is 24.5 Å². The van der Waals surface area contributed by atoms with Gasteiger partial charge in [0.15, 0.2) is 0 Å². The molecule has 1 amide bonds. The molecule has 3 aliphatic rings. The van der Waals surface area contributed by atoms with Crippen molar-refractivity contribution in [1.82, 2.24) is 15.3 Å². The number of aromatic nitrogens is 2. The highest BCUT2D eigenvalue weighted by Gasteiger charge is 2.32. The zero-order valence-electron chi connectivity index (χ0n) is 17.7. The van der Waals surface area contributed by atoms with Crippen LogP contribution in [-0.4, -0.2) is 35.5 Å².